The van der Waals surface area contributed by atoms with Crippen LogP contribution in [-0.2, 0) is 0 Å². The number of thiophene rings is 1. The Labute approximate surface area is 344 Å². The Morgan fingerprint density at radius 2 is 1.47 bits per heavy atom. The highest BCUT2D eigenvalue weighted by molar-refractivity contribution is 7.27. The molecule has 0 spiro atoms. The van der Waals surface area contributed by atoms with Crippen molar-refractivity contribution < 1.29 is 4.42 Å². The molecule has 7 aromatic carbocycles. The second-order valence-electron chi connectivity index (χ2n) is 16.4. The minimum atomic E-state index is 0.0456. The highest BCUT2D eigenvalue weighted by atomic mass is 32.1. The molecule has 4 heterocycles. The molecule has 1 aliphatic heterocycles. The average Bonchev–Trinajstić information content (AvgIpc) is 3.99. The van der Waals surface area contributed by atoms with Gasteiger partial charge in [-0.3, -0.25) is 4.99 Å². The molecular weight excluding hydrogens is 739 g/mol. The first-order valence-corrected chi connectivity index (χ1v) is 21.8. The standard InChI is InChI=1S/C54H39N3OS/c1-3-15-33(16-4-1)42-31-43(34-17-5-2-6-18-34)56-54(55-42)41-23-13-24-45-48(41)39-28-27-35(30-46(39)58-45)57-44-29-26-32-14-7-8-19-36(32)50(44)51-38-21-10-9-20-37(38)49-40-22-11-12-25-47(40)59-53(49)52(51)57/h1,3-5,7-26,28-30,35,42-43H,2,6,27,31H2,(H,55,56). The molecule has 59 heavy (non-hydrogen) atoms. The van der Waals surface area contributed by atoms with Crippen molar-refractivity contribution in [3.63, 3.8) is 0 Å². The first-order chi connectivity index (χ1) is 29.3. The zero-order valence-corrected chi connectivity index (χ0v) is 33.2. The van der Waals surface area contributed by atoms with Gasteiger partial charge in [-0.15, -0.1) is 11.3 Å². The van der Waals surface area contributed by atoms with Crippen LogP contribution in [0.5, 0.6) is 0 Å². The highest BCUT2D eigenvalue weighted by Gasteiger charge is 2.30. The van der Waals surface area contributed by atoms with Crippen LogP contribution in [0.15, 0.2) is 167 Å². The summed E-state index contributed by atoms with van der Waals surface area (Å²) in [6, 6.07) is 49.0. The van der Waals surface area contributed by atoms with E-state index in [1.54, 1.807) is 0 Å². The van der Waals surface area contributed by atoms with E-state index >= 15 is 0 Å². The van der Waals surface area contributed by atoms with Crippen molar-refractivity contribution in [3.8, 4) is 0 Å². The van der Waals surface area contributed by atoms with Gasteiger partial charge in [-0.25, -0.2) is 0 Å². The number of aliphatic imine (C=N–C) groups is 1. The van der Waals surface area contributed by atoms with Gasteiger partial charge in [-0.1, -0.05) is 140 Å². The SMILES string of the molecule is C1=CC(C2CC(c3ccccc3)N=C(c3cccc4oc5c(c34)=CCC(n3c4ccc6ccccc6c4c4c6ccccc6c6c7ccccc7sc6c43)C=5)N2)=CCC1. The quantitative estimate of drug-likeness (QED) is 0.193. The van der Waals surface area contributed by atoms with Crippen LogP contribution in [0.2, 0.25) is 0 Å². The van der Waals surface area contributed by atoms with Crippen LogP contribution in [0.4, 0.5) is 0 Å². The molecule has 3 atom stereocenters. The molecule has 0 saturated heterocycles. The number of hydrogen-bond acceptors (Lipinski definition) is 4. The molecule has 10 aromatic rings. The van der Waals surface area contributed by atoms with Gasteiger partial charge >= 0.3 is 0 Å². The van der Waals surface area contributed by atoms with Crippen LogP contribution in [0, 0.1) is 0 Å². The van der Waals surface area contributed by atoms with Crippen LogP contribution in [0.25, 0.3) is 86.6 Å². The van der Waals surface area contributed by atoms with E-state index in [-0.39, 0.29) is 18.1 Å². The third kappa shape index (κ3) is 4.98. The van der Waals surface area contributed by atoms with E-state index in [9.17, 15) is 0 Å². The number of nitrogens with zero attached hydrogens (tertiary/aromatic N) is 2. The molecule has 2 aliphatic carbocycles. The average molecular weight is 778 g/mol. The van der Waals surface area contributed by atoms with Crippen LogP contribution >= 0.6 is 11.3 Å². The summed E-state index contributed by atoms with van der Waals surface area (Å²) in [5.41, 5.74) is 8.10. The highest BCUT2D eigenvalue weighted by Crippen LogP contribution is 2.49. The molecular formula is C54H39N3OS. The number of furan rings is 1. The largest absolute Gasteiger partial charge is 0.456 e. The van der Waals surface area contributed by atoms with Crippen molar-refractivity contribution in [2.45, 2.75) is 43.8 Å². The molecule has 4 nitrogen and oxygen atoms in total. The fourth-order valence-electron chi connectivity index (χ4n) is 10.5. The van der Waals surface area contributed by atoms with E-state index in [1.165, 1.54) is 74.7 Å². The summed E-state index contributed by atoms with van der Waals surface area (Å²) < 4.78 is 12.2. The Morgan fingerprint density at radius 3 is 2.34 bits per heavy atom. The Balaban J connectivity index is 1.05. The summed E-state index contributed by atoms with van der Waals surface area (Å²) in [6.45, 7) is 0. The summed E-state index contributed by atoms with van der Waals surface area (Å²) in [7, 11) is 0. The third-order valence-corrected chi connectivity index (χ3v) is 14.3. The summed E-state index contributed by atoms with van der Waals surface area (Å²) in [6.07, 6.45) is 15.8. The Bertz CT molecular complexity index is 3620. The number of fused-ring (bicyclic) bond motifs is 15. The van der Waals surface area contributed by atoms with Gasteiger partial charge in [0.15, 0.2) is 0 Å². The lowest BCUT2D eigenvalue weighted by Gasteiger charge is -2.32. The van der Waals surface area contributed by atoms with E-state index in [0.717, 1.165) is 58.7 Å². The smallest absolute Gasteiger partial charge is 0.136 e. The van der Waals surface area contributed by atoms with Gasteiger partial charge < -0.3 is 14.3 Å². The van der Waals surface area contributed by atoms with Gasteiger partial charge in [-0.2, -0.15) is 0 Å². The second kappa shape index (κ2) is 12.9. The number of benzene rings is 7. The summed E-state index contributed by atoms with van der Waals surface area (Å²) in [5, 5.41) is 16.7. The van der Waals surface area contributed by atoms with Crippen LogP contribution < -0.4 is 16.0 Å². The monoisotopic (exact) mass is 777 g/mol. The zero-order chi connectivity index (χ0) is 38.6. The number of rotatable bonds is 4. The van der Waals surface area contributed by atoms with E-state index < -0.39 is 0 Å². The van der Waals surface area contributed by atoms with E-state index in [2.05, 4.69) is 174 Å². The van der Waals surface area contributed by atoms with Gasteiger partial charge in [0.05, 0.1) is 33.9 Å². The number of hydrogen-bond donors (Lipinski definition) is 1. The van der Waals surface area contributed by atoms with E-state index in [1.807, 2.05) is 11.3 Å². The molecule has 0 radical (unpaired) electrons. The van der Waals surface area contributed by atoms with Gasteiger partial charge in [0.1, 0.15) is 16.8 Å². The molecule has 5 heteroatoms. The minimum absolute atomic E-state index is 0.0456. The first kappa shape index (κ1) is 33.3. The normalized spacial score (nSPS) is 19.3. The summed E-state index contributed by atoms with van der Waals surface area (Å²) >= 11 is 1.92. The lowest BCUT2D eigenvalue weighted by atomic mass is 9.90. The van der Waals surface area contributed by atoms with Crippen molar-refractivity contribution in [3.05, 3.63) is 179 Å². The summed E-state index contributed by atoms with van der Waals surface area (Å²) in [4.78, 5) is 5.45. The fourth-order valence-corrected chi connectivity index (χ4v) is 11.8. The predicted octanol–water partition coefficient (Wildman–Crippen LogP) is 12.5. The lowest BCUT2D eigenvalue weighted by molar-refractivity contribution is 0.523. The second-order valence-corrected chi connectivity index (χ2v) is 17.4. The molecule has 0 bridgehead atoms. The third-order valence-electron chi connectivity index (χ3n) is 13.1. The zero-order valence-electron chi connectivity index (χ0n) is 32.4. The maximum atomic E-state index is 6.90. The van der Waals surface area contributed by atoms with E-state index in [0.29, 0.717) is 0 Å². The predicted molar refractivity (Wildman–Crippen MR) is 249 cm³/mol. The molecule has 1 N–H and O–H groups in total. The Kier molecular flexibility index (Phi) is 7.28. The molecule has 0 amide bonds. The Hall–Kier alpha value is -6.69. The summed E-state index contributed by atoms with van der Waals surface area (Å²) in [5.74, 6) is 0.938. The van der Waals surface area contributed by atoms with Crippen molar-refractivity contribution in [2.24, 2.45) is 4.99 Å². The molecule has 13 rings (SSSR count). The van der Waals surface area contributed by atoms with Crippen LogP contribution in [0.1, 0.15) is 48.9 Å². The number of nitrogens with one attached hydrogen (secondary N) is 1. The molecule has 282 valence electrons. The van der Waals surface area contributed by atoms with Crippen molar-refractivity contribution >= 4 is 104 Å². The molecule has 0 saturated carbocycles. The number of amidine groups is 1. The minimum Gasteiger partial charge on any atom is -0.456 e. The van der Waals surface area contributed by atoms with Gasteiger partial charge in [0.25, 0.3) is 0 Å². The lowest BCUT2D eigenvalue weighted by Crippen LogP contribution is -2.42. The van der Waals surface area contributed by atoms with Crippen molar-refractivity contribution in [2.75, 3.05) is 0 Å². The number of allylic oxidation sites excluding steroid dienone is 2. The topological polar surface area (TPSA) is 42.5 Å². The fraction of sp³-hybridized carbons (Fsp3) is 0.130. The van der Waals surface area contributed by atoms with Gasteiger partial charge in [0.2, 0.25) is 0 Å². The molecule has 3 aliphatic rings. The van der Waals surface area contributed by atoms with Crippen molar-refractivity contribution in [1.29, 1.82) is 0 Å². The van der Waals surface area contributed by atoms with Crippen LogP contribution in [-0.4, -0.2) is 16.4 Å². The maximum absolute atomic E-state index is 6.90. The van der Waals surface area contributed by atoms with Gasteiger partial charge in [0, 0.05) is 42.4 Å². The molecule has 0 fully saturated rings. The maximum Gasteiger partial charge on any atom is 0.136 e. The first-order valence-electron chi connectivity index (χ1n) is 20.9. The Morgan fingerprint density at radius 1 is 0.678 bits per heavy atom. The van der Waals surface area contributed by atoms with Crippen LogP contribution in [0.3, 0.4) is 0 Å². The van der Waals surface area contributed by atoms with E-state index in [4.69, 9.17) is 9.41 Å². The molecule has 3 unspecified atom stereocenters. The van der Waals surface area contributed by atoms with Crippen molar-refractivity contribution in [1.82, 2.24) is 9.88 Å². The number of aromatic nitrogens is 1. The van der Waals surface area contributed by atoms with Gasteiger partial charge in [-0.05, 0) is 82.6 Å². The molecule has 3 aromatic heterocycles.